The maximum absolute atomic E-state index is 4.33. The molecule has 0 bridgehead atoms. The Morgan fingerprint density at radius 3 is 2.63 bits per heavy atom. The van der Waals surface area contributed by atoms with Crippen LogP contribution in [0.1, 0.15) is 36.7 Å². The van der Waals surface area contributed by atoms with Gasteiger partial charge < -0.3 is 5.32 Å². The highest BCUT2D eigenvalue weighted by Gasteiger charge is 2.11. The number of nitrogens with zero attached hydrogens (tertiary/aromatic N) is 2. The first kappa shape index (κ1) is 13.7. The molecule has 1 aromatic carbocycles. The zero-order valence-electron chi connectivity index (χ0n) is 11.8. The molecule has 2 aromatic rings. The summed E-state index contributed by atoms with van der Waals surface area (Å²) in [7, 11) is 0. The van der Waals surface area contributed by atoms with Crippen LogP contribution >= 0.6 is 0 Å². The average Bonchev–Trinajstić information content (AvgIpc) is 2.42. The van der Waals surface area contributed by atoms with E-state index in [1.54, 1.807) is 12.4 Å². The van der Waals surface area contributed by atoms with Gasteiger partial charge in [-0.2, -0.15) is 0 Å². The molecule has 19 heavy (non-hydrogen) atoms. The Morgan fingerprint density at radius 2 is 1.95 bits per heavy atom. The highest BCUT2D eigenvalue weighted by Crippen LogP contribution is 2.13. The molecule has 3 nitrogen and oxygen atoms in total. The lowest BCUT2D eigenvalue weighted by atomic mass is 10.0. The smallest absolute Gasteiger partial charge is 0.0753 e. The van der Waals surface area contributed by atoms with E-state index in [2.05, 4.69) is 60.3 Å². The third-order valence-corrected chi connectivity index (χ3v) is 3.35. The third-order valence-electron chi connectivity index (χ3n) is 3.35. The van der Waals surface area contributed by atoms with E-state index in [-0.39, 0.29) is 6.04 Å². The van der Waals surface area contributed by atoms with Crippen molar-refractivity contribution in [1.82, 2.24) is 15.3 Å². The fraction of sp³-hybridized carbons (Fsp3) is 0.375. The van der Waals surface area contributed by atoms with Crippen molar-refractivity contribution in [2.75, 3.05) is 0 Å². The molecule has 0 fully saturated rings. The van der Waals surface area contributed by atoms with Gasteiger partial charge in [0.25, 0.3) is 0 Å². The van der Waals surface area contributed by atoms with Crippen LogP contribution in [0, 0.1) is 6.92 Å². The van der Waals surface area contributed by atoms with Crippen LogP contribution in [-0.2, 0) is 6.42 Å². The molecule has 0 aliphatic heterocycles. The van der Waals surface area contributed by atoms with Crippen LogP contribution in [0.4, 0.5) is 0 Å². The second kappa shape index (κ2) is 6.43. The Balaban J connectivity index is 1.95. The highest BCUT2D eigenvalue weighted by atomic mass is 15.0. The molecule has 1 aromatic heterocycles. The van der Waals surface area contributed by atoms with Crippen molar-refractivity contribution in [3.63, 3.8) is 0 Å². The second-order valence-corrected chi connectivity index (χ2v) is 5.05. The standard InChI is InChI=1S/C16H21N3/c1-12-6-4-5-7-15(12)10-13(2)19-14(3)16-11-17-8-9-18-16/h4-9,11,13-14,19H,10H2,1-3H3. The first-order chi connectivity index (χ1) is 9.16. The summed E-state index contributed by atoms with van der Waals surface area (Å²) in [4.78, 5) is 8.44. The van der Waals surface area contributed by atoms with E-state index in [1.165, 1.54) is 11.1 Å². The number of aromatic nitrogens is 2. The summed E-state index contributed by atoms with van der Waals surface area (Å²) in [6, 6.07) is 9.15. The molecule has 0 spiro atoms. The maximum atomic E-state index is 4.33. The minimum atomic E-state index is 0.215. The van der Waals surface area contributed by atoms with Crippen molar-refractivity contribution in [3.05, 3.63) is 59.7 Å². The van der Waals surface area contributed by atoms with Gasteiger partial charge in [0.15, 0.2) is 0 Å². The topological polar surface area (TPSA) is 37.8 Å². The summed E-state index contributed by atoms with van der Waals surface area (Å²) in [6.07, 6.45) is 6.28. The number of rotatable bonds is 5. The highest BCUT2D eigenvalue weighted by molar-refractivity contribution is 5.26. The molecule has 100 valence electrons. The Morgan fingerprint density at radius 1 is 1.16 bits per heavy atom. The SMILES string of the molecule is Cc1ccccc1CC(C)NC(C)c1cnccn1. The van der Waals surface area contributed by atoms with Crippen LogP contribution < -0.4 is 5.32 Å². The van der Waals surface area contributed by atoms with E-state index in [0.717, 1.165) is 12.1 Å². The molecule has 0 radical (unpaired) electrons. The first-order valence-electron chi connectivity index (χ1n) is 6.73. The summed E-state index contributed by atoms with van der Waals surface area (Å²) in [5.74, 6) is 0. The van der Waals surface area contributed by atoms with E-state index in [9.17, 15) is 0 Å². The lowest BCUT2D eigenvalue weighted by Gasteiger charge is -2.20. The van der Waals surface area contributed by atoms with Gasteiger partial charge in [0.1, 0.15) is 0 Å². The molecule has 0 aliphatic rings. The van der Waals surface area contributed by atoms with Gasteiger partial charge in [-0.25, -0.2) is 0 Å². The number of hydrogen-bond acceptors (Lipinski definition) is 3. The molecule has 2 atom stereocenters. The van der Waals surface area contributed by atoms with Crippen LogP contribution in [0.3, 0.4) is 0 Å². The Labute approximate surface area is 115 Å². The van der Waals surface area contributed by atoms with Crippen LogP contribution in [0.2, 0.25) is 0 Å². The van der Waals surface area contributed by atoms with Gasteiger partial charge >= 0.3 is 0 Å². The number of aryl methyl sites for hydroxylation is 1. The largest absolute Gasteiger partial charge is 0.306 e. The van der Waals surface area contributed by atoms with Gasteiger partial charge in [0.2, 0.25) is 0 Å². The van der Waals surface area contributed by atoms with Crippen LogP contribution in [-0.4, -0.2) is 16.0 Å². The van der Waals surface area contributed by atoms with Crippen LogP contribution in [0.15, 0.2) is 42.9 Å². The normalized spacial score (nSPS) is 14.1. The molecule has 0 saturated heterocycles. The monoisotopic (exact) mass is 255 g/mol. The number of nitrogens with one attached hydrogen (secondary N) is 1. The number of benzene rings is 1. The number of hydrogen-bond donors (Lipinski definition) is 1. The Hall–Kier alpha value is -1.74. The molecular weight excluding hydrogens is 234 g/mol. The second-order valence-electron chi connectivity index (χ2n) is 5.05. The van der Waals surface area contributed by atoms with Gasteiger partial charge in [-0.1, -0.05) is 24.3 Å². The minimum Gasteiger partial charge on any atom is -0.306 e. The van der Waals surface area contributed by atoms with Crippen molar-refractivity contribution in [2.45, 2.75) is 39.3 Å². The maximum Gasteiger partial charge on any atom is 0.0753 e. The van der Waals surface area contributed by atoms with Gasteiger partial charge in [-0.15, -0.1) is 0 Å². The van der Waals surface area contributed by atoms with Gasteiger partial charge in [0.05, 0.1) is 5.69 Å². The first-order valence-corrected chi connectivity index (χ1v) is 6.73. The summed E-state index contributed by atoms with van der Waals surface area (Å²) in [6.45, 7) is 6.49. The van der Waals surface area contributed by atoms with E-state index in [0.29, 0.717) is 6.04 Å². The zero-order valence-corrected chi connectivity index (χ0v) is 11.8. The zero-order chi connectivity index (χ0) is 13.7. The predicted molar refractivity (Wildman–Crippen MR) is 77.9 cm³/mol. The van der Waals surface area contributed by atoms with E-state index < -0.39 is 0 Å². The van der Waals surface area contributed by atoms with Gasteiger partial charge in [-0.05, 0) is 38.3 Å². The average molecular weight is 255 g/mol. The van der Waals surface area contributed by atoms with E-state index >= 15 is 0 Å². The molecule has 0 amide bonds. The van der Waals surface area contributed by atoms with Crippen molar-refractivity contribution in [2.24, 2.45) is 0 Å². The van der Waals surface area contributed by atoms with Crippen molar-refractivity contribution in [3.8, 4) is 0 Å². The van der Waals surface area contributed by atoms with Crippen molar-refractivity contribution in [1.29, 1.82) is 0 Å². The molecule has 1 heterocycles. The lowest BCUT2D eigenvalue weighted by molar-refractivity contribution is 0.468. The fourth-order valence-electron chi connectivity index (χ4n) is 2.27. The molecule has 2 rings (SSSR count). The van der Waals surface area contributed by atoms with Gasteiger partial charge in [-0.3, -0.25) is 9.97 Å². The van der Waals surface area contributed by atoms with Crippen molar-refractivity contribution < 1.29 is 0 Å². The Bertz CT molecular complexity index is 510. The summed E-state index contributed by atoms with van der Waals surface area (Å²) in [5, 5.41) is 3.57. The summed E-state index contributed by atoms with van der Waals surface area (Å²) in [5.41, 5.74) is 3.73. The third kappa shape index (κ3) is 3.86. The molecule has 3 heteroatoms. The predicted octanol–water partition coefficient (Wildman–Crippen LogP) is 3.07. The van der Waals surface area contributed by atoms with Crippen LogP contribution in [0.5, 0.6) is 0 Å². The molecular formula is C16H21N3. The quantitative estimate of drug-likeness (QED) is 0.892. The van der Waals surface area contributed by atoms with Gasteiger partial charge in [0, 0.05) is 30.7 Å². The molecule has 0 saturated carbocycles. The fourth-order valence-corrected chi connectivity index (χ4v) is 2.27. The van der Waals surface area contributed by atoms with E-state index in [4.69, 9.17) is 0 Å². The molecule has 0 aliphatic carbocycles. The minimum absolute atomic E-state index is 0.215. The van der Waals surface area contributed by atoms with Crippen molar-refractivity contribution >= 4 is 0 Å². The van der Waals surface area contributed by atoms with Crippen LogP contribution in [0.25, 0.3) is 0 Å². The summed E-state index contributed by atoms with van der Waals surface area (Å²) >= 11 is 0. The lowest BCUT2D eigenvalue weighted by Crippen LogP contribution is -2.31. The molecule has 2 unspecified atom stereocenters. The summed E-state index contributed by atoms with van der Waals surface area (Å²) < 4.78 is 0. The molecule has 1 N–H and O–H groups in total. The van der Waals surface area contributed by atoms with E-state index in [1.807, 2.05) is 6.20 Å². The Kier molecular flexibility index (Phi) is 4.63.